The second kappa shape index (κ2) is 9.81. The molecule has 0 bridgehead atoms. The van der Waals surface area contributed by atoms with E-state index in [9.17, 15) is 14.4 Å². The van der Waals surface area contributed by atoms with Gasteiger partial charge in [-0.05, 0) is 70.8 Å². The number of fused-ring (bicyclic) bond motifs is 2. The van der Waals surface area contributed by atoms with Crippen molar-refractivity contribution in [3.05, 3.63) is 88.4 Å². The topological polar surface area (TPSA) is 69.7 Å². The molecule has 39 heavy (non-hydrogen) atoms. The standard InChI is InChI=1S/C31H28ClN3O3S/c32-21-7-5-18(6-8-21)23-4-2-1-3-19(23)14-34-16-25-26(17-34)29(25)39-22-9-10-24-20(13-22)15-35(31(24)38)27-11-12-28(36)33-30(27)37/h1-10,13,25-27,29H,11-12,14-17H2,(H,33,36,37). The molecule has 4 aliphatic rings. The highest BCUT2D eigenvalue weighted by Crippen LogP contribution is 2.55. The summed E-state index contributed by atoms with van der Waals surface area (Å²) < 4.78 is 0. The lowest BCUT2D eigenvalue weighted by Gasteiger charge is -2.29. The number of hydrogen-bond acceptors (Lipinski definition) is 5. The zero-order valence-corrected chi connectivity index (χ0v) is 22.9. The number of hydrogen-bond donors (Lipinski definition) is 1. The first kappa shape index (κ1) is 24.9. The summed E-state index contributed by atoms with van der Waals surface area (Å²) in [6.07, 6.45) is 0.657. The molecule has 3 heterocycles. The van der Waals surface area contributed by atoms with Gasteiger partial charge < -0.3 is 4.90 Å². The van der Waals surface area contributed by atoms with Crippen LogP contribution < -0.4 is 5.32 Å². The first-order valence-electron chi connectivity index (χ1n) is 13.4. The van der Waals surface area contributed by atoms with Gasteiger partial charge in [-0.2, -0.15) is 0 Å². The van der Waals surface area contributed by atoms with Crippen LogP contribution in [0.25, 0.3) is 11.1 Å². The van der Waals surface area contributed by atoms with Crippen molar-refractivity contribution >= 4 is 41.1 Å². The summed E-state index contributed by atoms with van der Waals surface area (Å²) >= 11 is 8.02. The molecule has 3 unspecified atom stereocenters. The zero-order chi connectivity index (χ0) is 26.7. The molecule has 3 aromatic carbocycles. The first-order chi connectivity index (χ1) is 18.9. The van der Waals surface area contributed by atoms with Gasteiger partial charge in [0.25, 0.3) is 5.91 Å². The Morgan fingerprint density at radius 1 is 0.923 bits per heavy atom. The van der Waals surface area contributed by atoms with Crippen molar-refractivity contribution < 1.29 is 14.4 Å². The highest BCUT2D eigenvalue weighted by Gasteiger charge is 2.56. The van der Waals surface area contributed by atoms with Crippen molar-refractivity contribution in [2.45, 2.75) is 42.1 Å². The monoisotopic (exact) mass is 557 g/mol. The van der Waals surface area contributed by atoms with Crippen molar-refractivity contribution in [2.24, 2.45) is 11.8 Å². The highest BCUT2D eigenvalue weighted by atomic mass is 35.5. The Morgan fingerprint density at radius 3 is 2.46 bits per heavy atom. The van der Waals surface area contributed by atoms with Crippen LogP contribution in [0.1, 0.15) is 34.3 Å². The third-order valence-corrected chi connectivity index (χ3v) is 10.3. The molecule has 1 N–H and O–H groups in total. The summed E-state index contributed by atoms with van der Waals surface area (Å²) in [7, 11) is 0. The lowest BCUT2D eigenvalue weighted by atomic mass is 9.99. The van der Waals surface area contributed by atoms with E-state index in [2.05, 4.69) is 52.7 Å². The average Bonchev–Trinajstić information content (AvgIpc) is 3.22. The van der Waals surface area contributed by atoms with E-state index in [-0.39, 0.29) is 24.1 Å². The number of nitrogens with zero attached hydrogens (tertiary/aromatic N) is 2. The van der Waals surface area contributed by atoms with Crippen molar-refractivity contribution in [1.29, 1.82) is 0 Å². The minimum absolute atomic E-state index is 0.117. The quantitative estimate of drug-likeness (QED) is 0.432. The van der Waals surface area contributed by atoms with Crippen LogP contribution in [-0.2, 0) is 22.7 Å². The smallest absolute Gasteiger partial charge is 0.255 e. The van der Waals surface area contributed by atoms with Gasteiger partial charge in [-0.15, -0.1) is 11.8 Å². The van der Waals surface area contributed by atoms with E-state index >= 15 is 0 Å². The number of carbonyl (C=O) groups excluding carboxylic acids is 3. The fraction of sp³-hybridized carbons (Fsp3) is 0.323. The van der Waals surface area contributed by atoms with E-state index in [1.807, 2.05) is 36.0 Å². The fourth-order valence-corrected chi connectivity index (χ4v) is 8.09. The van der Waals surface area contributed by atoms with E-state index in [0.717, 1.165) is 30.2 Å². The SMILES string of the molecule is O=C1CCC(N2Cc3cc(SC4C5CN(Cc6ccccc6-c6ccc(Cl)cc6)CC54)ccc3C2=O)C(=O)N1. The van der Waals surface area contributed by atoms with Crippen LogP contribution in [0.4, 0.5) is 0 Å². The molecule has 0 spiro atoms. The predicted octanol–water partition coefficient (Wildman–Crippen LogP) is 4.99. The number of rotatable bonds is 6. The number of amides is 3. The second-order valence-electron chi connectivity index (χ2n) is 11.0. The fourth-order valence-electron chi connectivity index (χ4n) is 6.45. The lowest BCUT2D eigenvalue weighted by molar-refractivity contribution is -0.136. The lowest BCUT2D eigenvalue weighted by Crippen LogP contribution is -2.52. The third kappa shape index (κ3) is 4.66. The van der Waals surface area contributed by atoms with Crippen LogP contribution in [0.2, 0.25) is 5.02 Å². The summed E-state index contributed by atoms with van der Waals surface area (Å²) in [6, 6.07) is 22.2. The largest absolute Gasteiger partial charge is 0.322 e. The molecule has 6 nitrogen and oxygen atoms in total. The Bertz CT molecular complexity index is 1480. The third-order valence-electron chi connectivity index (χ3n) is 8.52. The molecule has 3 aliphatic heterocycles. The van der Waals surface area contributed by atoms with Gasteiger partial charge in [0.15, 0.2) is 0 Å². The predicted molar refractivity (Wildman–Crippen MR) is 151 cm³/mol. The van der Waals surface area contributed by atoms with Crippen LogP contribution in [0.5, 0.6) is 0 Å². The number of likely N-dealkylation sites (tertiary alicyclic amines) is 1. The van der Waals surface area contributed by atoms with Crippen molar-refractivity contribution in [2.75, 3.05) is 13.1 Å². The minimum atomic E-state index is -0.572. The zero-order valence-electron chi connectivity index (χ0n) is 21.3. The number of imide groups is 1. The van der Waals surface area contributed by atoms with Gasteiger partial charge in [-0.1, -0.05) is 48.0 Å². The van der Waals surface area contributed by atoms with Gasteiger partial charge in [0.1, 0.15) is 6.04 Å². The highest BCUT2D eigenvalue weighted by molar-refractivity contribution is 8.00. The van der Waals surface area contributed by atoms with Crippen LogP contribution in [0.15, 0.2) is 71.6 Å². The molecule has 2 saturated heterocycles. The minimum Gasteiger partial charge on any atom is -0.322 e. The number of nitrogens with one attached hydrogen (secondary N) is 1. The van der Waals surface area contributed by atoms with Crippen molar-refractivity contribution in [1.82, 2.24) is 15.1 Å². The molecule has 1 saturated carbocycles. The van der Waals surface area contributed by atoms with Gasteiger partial charge in [-0.25, -0.2) is 0 Å². The summed E-state index contributed by atoms with van der Waals surface area (Å²) in [5.41, 5.74) is 5.44. The van der Waals surface area contributed by atoms with E-state index in [1.54, 1.807) is 4.90 Å². The Hall–Kier alpha value is -3.13. The van der Waals surface area contributed by atoms with Gasteiger partial charge in [0.2, 0.25) is 11.8 Å². The number of thioether (sulfide) groups is 1. The maximum Gasteiger partial charge on any atom is 0.255 e. The van der Waals surface area contributed by atoms with E-state index < -0.39 is 6.04 Å². The Morgan fingerprint density at radius 2 is 1.69 bits per heavy atom. The van der Waals surface area contributed by atoms with Crippen LogP contribution in [0, 0.1) is 11.8 Å². The Balaban J connectivity index is 0.972. The van der Waals surface area contributed by atoms with E-state index in [0.29, 0.717) is 35.6 Å². The summed E-state index contributed by atoms with van der Waals surface area (Å²) in [6.45, 7) is 3.57. The molecule has 3 atom stereocenters. The van der Waals surface area contributed by atoms with Gasteiger partial charge in [-0.3, -0.25) is 24.6 Å². The van der Waals surface area contributed by atoms with Crippen LogP contribution >= 0.6 is 23.4 Å². The summed E-state index contributed by atoms with van der Waals surface area (Å²) in [5, 5.41) is 3.73. The van der Waals surface area contributed by atoms with Gasteiger partial charge in [0.05, 0.1) is 0 Å². The maximum absolute atomic E-state index is 13.0. The molecule has 7 rings (SSSR count). The summed E-state index contributed by atoms with van der Waals surface area (Å²) in [5.74, 6) is 0.625. The maximum atomic E-state index is 13.0. The number of benzene rings is 3. The molecule has 3 fully saturated rings. The van der Waals surface area contributed by atoms with Crippen molar-refractivity contribution in [3.63, 3.8) is 0 Å². The molecule has 3 amide bonds. The van der Waals surface area contributed by atoms with Gasteiger partial charge >= 0.3 is 0 Å². The molecule has 0 aromatic heterocycles. The molecule has 1 aliphatic carbocycles. The van der Waals surface area contributed by atoms with Crippen LogP contribution in [0.3, 0.4) is 0 Å². The first-order valence-corrected chi connectivity index (χ1v) is 14.7. The normalized spacial score (nSPS) is 26.0. The van der Waals surface area contributed by atoms with Crippen molar-refractivity contribution in [3.8, 4) is 11.1 Å². The molecule has 198 valence electrons. The Kier molecular flexibility index (Phi) is 6.26. The van der Waals surface area contributed by atoms with Gasteiger partial charge in [0, 0.05) is 53.3 Å². The molecular formula is C31H28ClN3O3S. The molecule has 3 aromatic rings. The summed E-state index contributed by atoms with van der Waals surface area (Å²) in [4.78, 5) is 42.2. The number of piperidine rings is 2. The Labute approximate surface area is 236 Å². The van der Waals surface area contributed by atoms with E-state index in [4.69, 9.17) is 11.6 Å². The number of carbonyl (C=O) groups is 3. The second-order valence-corrected chi connectivity index (χ2v) is 12.7. The van der Waals surface area contributed by atoms with E-state index in [1.165, 1.54) is 21.6 Å². The average molecular weight is 558 g/mol. The van der Waals surface area contributed by atoms with Crippen LogP contribution in [-0.4, -0.2) is 51.9 Å². The molecule has 8 heteroatoms. The molecular weight excluding hydrogens is 530 g/mol. The molecule has 0 radical (unpaired) electrons. The number of halogens is 1.